The van der Waals surface area contributed by atoms with E-state index in [1.165, 1.54) is 0 Å². The van der Waals surface area contributed by atoms with Crippen LogP contribution in [0.15, 0.2) is 17.4 Å². The van der Waals surface area contributed by atoms with E-state index in [9.17, 15) is 4.79 Å². The first-order chi connectivity index (χ1) is 5.24. The number of hydrogen-bond acceptors (Lipinski definition) is 2. The van der Waals surface area contributed by atoms with E-state index in [1.807, 2.05) is 0 Å². The van der Waals surface area contributed by atoms with Gasteiger partial charge in [-0.1, -0.05) is 6.58 Å². The molecule has 0 aromatic rings. The van der Waals surface area contributed by atoms with Crippen molar-refractivity contribution in [1.29, 1.82) is 0 Å². The average molecular weight is 152 g/mol. The molecular weight excluding hydrogens is 140 g/mol. The van der Waals surface area contributed by atoms with E-state index in [0.29, 0.717) is 5.82 Å². The van der Waals surface area contributed by atoms with Crippen LogP contribution in [0.4, 0.5) is 0 Å². The van der Waals surface area contributed by atoms with Gasteiger partial charge in [-0.3, -0.25) is 4.79 Å². The lowest BCUT2D eigenvalue weighted by atomic mass is 10.4. The van der Waals surface area contributed by atoms with Gasteiger partial charge >= 0.3 is 0 Å². The van der Waals surface area contributed by atoms with Crippen LogP contribution in [-0.4, -0.2) is 12.1 Å². The Labute approximate surface area is 66.2 Å². The number of carbonyl (C=O) groups excluding carboxylic acids is 1. The van der Waals surface area contributed by atoms with Gasteiger partial charge in [0.2, 0.25) is 5.91 Å². The molecule has 3 heteroatoms. The molecule has 0 atom stereocenters. The highest BCUT2D eigenvalue weighted by atomic mass is 16.2. The molecule has 60 valence electrons. The summed E-state index contributed by atoms with van der Waals surface area (Å²) >= 11 is 0. The third-order valence-electron chi connectivity index (χ3n) is 1.50. The van der Waals surface area contributed by atoms with Crippen LogP contribution >= 0.6 is 0 Å². The molecule has 0 saturated heterocycles. The molecule has 0 spiro atoms. The molecule has 0 heterocycles. The summed E-state index contributed by atoms with van der Waals surface area (Å²) in [5.41, 5.74) is 0. The van der Waals surface area contributed by atoms with E-state index >= 15 is 0 Å². The summed E-state index contributed by atoms with van der Waals surface area (Å²) in [6, 6.07) is 0. The van der Waals surface area contributed by atoms with Crippen molar-refractivity contribution in [2.75, 3.05) is 0 Å². The van der Waals surface area contributed by atoms with Crippen LogP contribution in [0.3, 0.4) is 0 Å². The summed E-state index contributed by atoms with van der Waals surface area (Å²) in [6.07, 6.45) is 3.62. The second-order valence-electron chi connectivity index (χ2n) is 2.60. The van der Waals surface area contributed by atoms with Gasteiger partial charge in [-0.2, -0.15) is 0 Å². The molecule has 1 fully saturated rings. The lowest BCUT2D eigenvalue weighted by Gasteiger charge is -2.00. The van der Waals surface area contributed by atoms with Crippen molar-refractivity contribution in [2.45, 2.75) is 19.8 Å². The fourth-order valence-corrected chi connectivity index (χ4v) is 0.778. The Morgan fingerprint density at radius 1 is 1.73 bits per heavy atom. The minimum Gasteiger partial charge on any atom is -0.311 e. The molecule has 0 aromatic carbocycles. The van der Waals surface area contributed by atoms with Gasteiger partial charge in [-0.25, -0.2) is 4.99 Å². The van der Waals surface area contributed by atoms with Crippen molar-refractivity contribution in [3.05, 3.63) is 12.4 Å². The summed E-state index contributed by atoms with van der Waals surface area (Å²) in [5, 5.41) is 2.61. The topological polar surface area (TPSA) is 41.5 Å². The smallest absolute Gasteiger partial charge is 0.228 e. The Hall–Kier alpha value is -1.12. The van der Waals surface area contributed by atoms with Crippen LogP contribution in [0.2, 0.25) is 0 Å². The van der Waals surface area contributed by atoms with Gasteiger partial charge in [0.15, 0.2) is 0 Å². The predicted octanol–water partition coefficient (Wildman–Crippen LogP) is 1.07. The van der Waals surface area contributed by atoms with Gasteiger partial charge < -0.3 is 5.32 Å². The first-order valence-corrected chi connectivity index (χ1v) is 3.72. The lowest BCUT2D eigenvalue weighted by molar-refractivity contribution is -0.121. The minimum atomic E-state index is 0.0561. The van der Waals surface area contributed by atoms with Gasteiger partial charge in [0.25, 0.3) is 0 Å². The van der Waals surface area contributed by atoms with E-state index in [0.717, 1.165) is 12.8 Å². The van der Waals surface area contributed by atoms with Gasteiger partial charge in [0, 0.05) is 12.1 Å². The van der Waals surface area contributed by atoms with Crippen LogP contribution < -0.4 is 5.32 Å². The zero-order valence-corrected chi connectivity index (χ0v) is 6.63. The Bertz CT molecular complexity index is 204. The maximum absolute atomic E-state index is 11.0. The summed E-state index contributed by atoms with van der Waals surface area (Å²) in [5.74, 6) is 0.712. The highest BCUT2D eigenvalue weighted by Crippen LogP contribution is 2.28. The molecule has 11 heavy (non-hydrogen) atoms. The van der Waals surface area contributed by atoms with Crippen molar-refractivity contribution in [3.63, 3.8) is 0 Å². The molecule has 0 aromatic heterocycles. The summed E-state index contributed by atoms with van der Waals surface area (Å²) in [7, 11) is 0. The first kappa shape index (κ1) is 7.98. The average Bonchev–Trinajstić information content (AvgIpc) is 2.67. The molecule has 1 aliphatic rings. The largest absolute Gasteiger partial charge is 0.311 e. The van der Waals surface area contributed by atoms with Crippen molar-refractivity contribution in [1.82, 2.24) is 5.32 Å². The van der Waals surface area contributed by atoms with E-state index in [-0.39, 0.29) is 11.8 Å². The highest BCUT2D eigenvalue weighted by Gasteiger charge is 2.29. The second-order valence-corrected chi connectivity index (χ2v) is 2.60. The van der Waals surface area contributed by atoms with Crippen molar-refractivity contribution in [3.8, 4) is 0 Å². The monoisotopic (exact) mass is 152 g/mol. The van der Waals surface area contributed by atoms with Gasteiger partial charge in [-0.05, 0) is 19.8 Å². The van der Waals surface area contributed by atoms with Gasteiger partial charge in [-0.15, -0.1) is 0 Å². The lowest BCUT2D eigenvalue weighted by Crippen LogP contribution is -2.22. The SMILES string of the molecule is C=C(N=CC)NC(=O)C1CC1. The van der Waals surface area contributed by atoms with Crippen LogP contribution in [0.5, 0.6) is 0 Å². The highest BCUT2D eigenvalue weighted by molar-refractivity contribution is 5.82. The number of hydrogen-bond donors (Lipinski definition) is 1. The van der Waals surface area contributed by atoms with Crippen molar-refractivity contribution in [2.24, 2.45) is 10.9 Å². The zero-order chi connectivity index (χ0) is 8.27. The van der Waals surface area contributed by atoms with Crippen molar-refractivity contribution >= 4 is 12.1 Å². The van der Waals surface area contributed by atoms with Crippen LogP contribution in [0, 0.1) is 5.92 Å². The molecule has 0 aliphatic heterocycles. The number of carbonyl (C=O) groups is 1. The number of rotatable bonds is 3. The molecule has 1 N–H and O–H groups in total. The molecule has 1 aliphatic carbocycles. The number of amides is 1. The van der Waals surface area contributed by atoms with E-state index < -0.39 is 0 Å². The Balaban J connectivity index is 2.28. The third-order valence-corrected chi connectivity index (χ3v) is 1.50. The van der Waals surface area contributed by atoms with Crippen LogP contribution in [-0.2, 0) is 4.79 Å². The Morgan fingerprint density at radius 3 is 2.82 bits per heavy atom. The molecular formula is C8H12N2O. The van der Waals surface area contributed by atoms with E-state index in [2.05, 4.69) is 16.9 Å². The summed E-state index contributed by atoms with van der Waals surface area (Å²) < 4.78 is 0. The fraction of sp³-hybridized carbons (Fsp3) is 0.500. The Morgan fingerprint density at radius 2 is 2.36 bits per heavy atom. The molecule has 1 saturated carbocycles. The first-order valence-electron chi connectivity index (χ1n) is 3.72. The molecule has 0 unspecified atom stereocenters. The number of nitrogens with one attached hydrogen (secondary N) is 1. The molecule has 1 rings (SSSR count). The minimum absolute atomic E-state index is 0.0561. The standard InChI is InChI=1S/C8H12N2O/c1-3-9-6(2)10-8(11)7-4-5-7/h3,7H,2,4-5H2,1H3,(H,10,11). The maximum Gasteiger partial charge on any atom is 0.228 e. The normalized spacial score (nSPS) is 16.8. The van der Waals surface area contributed by atoms with E-state index in [4.69, 9.17) is 0 Å². The molecule has 0 bridgehead atoms. The quantitative estimate of drug-likeness (QED) is 0.604. The number of aliphatic imine (C=N–C) groups is 1. The molecule has 0 radical (unpaired) electrons. The zero-order valence-electron chi connectivity index (χ0n) is 6.63. The van der Waals surface area contributed by atoms with Crippen LogP contribution in [0.1, 0.15) is 19.8 Å². The maximum atomic E-state index is 11.0. The molecule has 1 amide bonds. The Kier molecular flexibility index (Phi) is 2.41. The fourth-order valence-electron chi connectivity index (χ4n) is 0.778. The second kappa shape index (κ2) is 3.32. The van der Waals surface area contributed by atoms with Crippen LogP contribution in [0.25, 0.3) is 0 Å². The predicted molar refractivity (Wildman–Crippen MR) is 44.2 cm³/mol. The van der Waals surface area contributed by atoms with E-state index in [1.54, 1.807) is 13.1 Å². The third kappa shape index (κ3) is 2.53. The summed E-state index contributed by atoms with van der Waals surface area (Å²) in [4.78, 5) is 14.9. The van der Waals surface area contributed by atoms with Gasteiger partial charge in [0.1, 0.15) is 5.82 Å². The van der Waals surface area contributed by atoms with Gasteiger partial charge in [0.05, 0.1) is 0 Å². The summed E-state index contributed by atoms with van der Waals surface area (Å²) in [6.45, 7) is 5.35. The molecule has 3 nitrogen and oxygen atoms in total. The number of nitrogens with zero attached hydrogens (tertiary/aromatic N) is 1. The van der Waals surface area contributed by atoms with Crippen molar-refractivity contribution < 1.29 is 4.79 Å².